The van der Waals surface area contributed by atoms with E-state index in [9.17, 15) is 38.2 Å². The molecule has 1 fully saturated rings. The fourth-order valence-electron chi connectivity index (χ4n) is 2.76. The van der Waals surface area contributed by atoms with E-state index >= 15 is 4.39 Å². The molecule has 0 bridgehead atoms. The third kappa shape index (κ3) is 6.74. The van der Waals surface area contributed by atoms with Gasteiger partial charge in [0.25, 0.3) is 0 Å². The van der Waals surface area contributed by atoms with Crippen molar-refractivity contribution in [3.05, 3.63) is 27.3 Å². The second-order valence-corrected chi connectivity index (χ2v) is 10.7. The first-order chi connectivity index (χ1) is 14.9. The first-order valence-corrected chi connectivity index (χ1v) is 12.9. The zero-order chi connectivity index (χ0) is 25.4. The molecule has 0 spiro atoms. The summed E-state index contributed by atoms with van der Waals surface area (Å²) in [5.74, 6) is 4.16. The van der Waals surface area contributed by atoms with Gasteiger partial charge < -0.3 is 29.4 Å². The number of hydrogen-bond donors (Lipinski definition) is 6. The normalized spacial score (nSPS) is 30.0. The van der Waals surface area contributed by atoms with E-state index < -0.39 is 65.1 Å². The molecule has 1 aromatic heterocycles. The molecular weight excluding hydrogens is 522 g/mol. The van der Waals surface area contributed by atoms with Gasteiger partial charge in [-0.25, -0.2) is 27.7 Å². The zero-order valence-electron chi connectivity index (χ0n) is 16.4. The number of H-pyrrole nitrogens is 1. The Hall–Kier alpha value is -1.57. The maximum atomic E-state index is 15.6. The van der Waals surface area contributed by atoms with E-state index in [1.165, 1.54) is 6.92 Å². The SMILES string of the molecule is CC#C[C@@]1(F)C(O)[C@@H]([C@H](C)OP(=O)(O)OP(=O)(O)OP(=O)(O)O)O[C@H]1n1cnc(=O)[nH]c1=O. The van der Waals surface area contributed by atoms with Crippen molar-refractivity contribution in [2.24, 2.45) is 0 Å². The van der Waals surface area contributed by atoms with Crippen LogP contribution in [0.25, 0.3) is 0 Å². The summed E-state index contributed by atoms with van der Waals surface area (Å²) in [6, 6.07) is 0. The predicted octanol–water partition coefficient (Wildman–Crippen LogP) is -1.35. The van der Waals surface area contributed by atoms with Crippen molar-refractivity contribution in [2.45, 2.75) is 44.1 Å². The van der Waals surface area contributed by atoms with E-state index in [0.717, 1.165) is 6.92 Å². The van der Waals surface area contributed by atoms with Gasteiger partial charge in [0.2, 0.25) is 5.67 Å². The Labute approximate surface area is 182 Å². The third-order valence-corrected chi connectivity index (χ3v) is 7.81. The highest BCUT2D eigenvalue weighted by atomic mass is 31.3. The molecule has 33 heavy (non-hydrogen) atoms. The second-order valence-electron chi connectivity index (χ2n) is 6.33. The molecule has 186 valence electrons. The molecule has 1 saturated heterocycles. The lowest BCUT2D eigenvalue weighted by Crippen LogP contribution is -2.46. The molecule has 0 radical (unpaired) electrons. The molecule has 3 unspecified atom stereocenters. The number of rotatable bonds is 8. The average Bonchev–Trinajstić information content (AvgIpc) is 2.83. The fourth-order valence-corrected chi connectivity index (χ4v) is 5.96. The largest absolute Gasteiger partial charge is 0.490 e. The Morgan fingerprint density at radius 1 is 1.24 bits per heavy atom. The van der Waals surface area contributed by atoms with Crippen LogP contribution in [0.3, 0.4) is 0 Å². The van der Waals surface area contributed by atoms with Crippen molar-refractivity contribution in [2.75, 3.05) is 0 Å². The van der Waals surface area contributed by atoms with Gasteiger partial charge in [0.05, 0.1) is 6.10 Å². The van der Waals surface area contributed by atoms with Crippen molar-refractivity contribution in [1.82, 2.24) is 14.5 Å². The molecule has 2 rings (SSSR count). The number of halogens is 1. The third-order valence-electron chi connectivity index (χ3n) is 3.88. The summed E-state index contributed by atoms with van der Waals surface area (Å²) in [6.07, 6.45) is -7.44. The van der Waals surface area contributed by atoms with Gasteiger partial charge in [0.15, 0.2) is 6.23 Å². The molecule has 17 nitrogen and oxygen atoms in total. The number of ether oxygens (including phenoxy) is 1. The highest BCUT2D eigenvalue weighted by Gasteiger charge is 2.60. The van der Waals surface area contributed by atoms with E-state index in [0.29, 0.717) is 10.9 Å². The quantitative estimate of drug-likeness (QED) is 0.165. The number of phosphoric ester groups is 1. The summed E-state index contributed by atoms with van der Waals surface area (Å²) >= 11 is 0. The predicted molar refractivity (Wildman–Crippen MR) is 101 cm³/mol. The molecule has 0 aliphatic carbocycles. The lowest BCUT2D eigenvalue weighted by Gasteiger charge is -2.25. The van der Waals surface area contributed by atoms with Gasteiger partial charge in [0.1, 0.15) is 18.5 Å². The second kappa shape index (κ2) is 9.59. The molecule has 0 aromatic carbocycles. The smallest absolute Gasteiger partial charge is 0.386 e. The van der Waals surface area contributed by atoms with Gasteiger partial charge >= 0.3 is 34.8 Å². The van der Waals surface area contributed by atoms with E-state index in [1.807, 2.05) is 5.92 Å². The Kier molecular flexibility index (Phi) is 8.04. The van der Waals surface area contributed by atoms with Crippen LogP contribution < -0.4 is 11.4 Å². The van der Waals surface area contributed by atoms with Crippen LogP contribution in [0.5, 0.6) is 0 Å². The van der Waals surface area contributed by atoms with Crippen LogP contribution in [-0.4, -0.2) is 63.2 Å². The summed E-state index contributed by atoms with van der Waals surface area (Å²) in [5, 5.41) is 10.4. The van der Waals surface area contributed by atoms with Crippen molar-refractivity contribution >= 4 is 23.5 Å². The minimum absolute atomic E-state index is 0.437. The van der Waals surface area contributed by atoms with Crippen molar-refractivity contribution < 1.29 is 60.6 Å². The van der Waals surface area contributed by atoms with Gasteiger partial charge in [-0.3, -0.25) is 14.1 Å². The van der Waals surface area contributed by atoms with Crippen LogP contribution in [0.1, 0.15) is 20.1 Å². The minimum Gasteiger partial charge on any atom is -0.386 e. The summed E-state index contributed by atoms with van der Waals surface area (Å²) in [5.41, 5.74) is -5.32. The molecule has 1 aliphatic rings. The van der Waals surface area contributed by atoms with Crippen LogP contribution in [0, 0.1) is 11.8 Å². The Bertz CT molecular complexity index is 1220. The van der Waals surface area contributed by atoms with Gasteiger partial charge in [0, 0.05) is 0 Å². The standard InChI is InChI=1S/C12H17FN3O14P3/c1-3-4-12(13)8(17)7(27-9(12)16-5-14-10(18)15-11(16)19)6(2)28-32(23,24)30-33(25,26)29-31(20,21)22/h5-9,17H,1-2H3,(H,23,24)(H,25,26)(H,15,18,19)(H2,20,21,22)/t6-,7+,8?,9+,12+/m0/s1. The monoisotopic (exact) mass is 539 g/mol. The Balaban J connectivity index is 2.32. The van der Waals surface area contributed by atoms with E-state index in [4.69, 9.17) is 14.5 Å². The van der Waals surface area contributed by atoms with Crippen LogP contribution in [-0.2, 0) is 31.6 Å². The first kappa shape index (κ1) is 27.7. The number of hydrogen-bond acceptors (Lipinski definition) is 11. The molecule has 21 heteroatoms. The van der Waals surface area contributed by atoms with E-state index in [1.54, 1.807) is 4.98 Å². The summed E-state index contributed by atoms with van der Waals surface area (Å²) in [7, 11) is -17.1. The molecule has 1 aromatic rings. The summed E-state index contributed by atoms with van der Waals surface area (Å²) in [4.78, 5) is 64.0. The molecule has 1 aliphatic heterocycles. The van der Waals surface area contributed by atoms with Crippen molar-refractivity contribution in [3.63, 3.8) is 0 Å². The minimum atomic E-state index is -5.83. The Morgan fingerprint density at radius 3 is 2.36 bits per heavy atom. The average molecular weight is 539 g/mol. The number of aromatic amines is 1. The highest BCUT2D eigenvalue weighted by Crippen LogP contribution is 2.66. The zero-order valence-corrected chi connectivity index (χ0v) is 19.1. The van der Waals surface area contributed by atoms with Gasteiger partial charge in [-0.2, -0.15) is 13.6 Å². The number of aliphatic hydroxyl groups excluding tert-OH is 1. The maximum Gasteiger partial charge on any atom is 0.490 e. The summed E-state index contributed by atoms with van der Waals surface area (Å²) in [6.45, 7) is 2.10. The van der Waals surface area contributed by atoms with E-state index in [2.05, 4.69) is 24.0 Å². The summed E-state index contributed by atoms with van der Waals surface area (Å²) < 4.78 is 67.0. The Morgan fingerprint density at radius 2 is 1.85 bits per heavy atom. The first-order valence-electron chi connectivity index (χ1n) is 8.37. The molecule has 0 saturated carbocycles. The lowest BCUT2D eigenvalue weighted by molar-refractivity contribution is -0.0785. The van der Waals surface area contributed by atoms with Crippen LogP contribution in [0.4, 0.5) is 4.39 Å². The van der Waals surface area contributed by atoms with Gasteiger partial charge in [-0.1, -0.05) is 5.92 Å². The molecule has 0 amide bonds. The molecular formula is C12H17FN3O14P3. The molecule has 2 heterocycles. The molecule has 6 N–H and O–H groups in total. The number of phosphoric acid groups is 3. The van der Waals surface area contributed by atoms with Gasteiger partial charge in [-0.15, -0.1) is 5.92 Å². The van der Waals surface area contributed by atoms with Crippen LogP contribution in [0.15, 0.2) is 15.9 Å². The number of aliphatic hydroxyl groups is 1. The maximum absolute atomic E-state index is 15.6. The van der Waals surface area contributed by atoms with Crippen LogP contribution in [0.2, 0.25) is 0 Å². The number of nitrogens with one attached hydrogen (secondary N) is 1. The van der Waals surface area contributed by atoms with Crippen molar-refractivity contribution in [1.29, 1.82) is 0 Å². The fraction of sp³-hybridized carbons (Fsp3) is 0.583. The lowest BCUT2D eigenvalue weighted by atomic mass is 9.94. The van der Waals surface area contributed by atoms with Gasteiger partial charge in [-0.05, 0) is 13.8 Å². The highest BCUT2D eigenvalue weighted by molar-refractivity contribution is 7.66. The number of alkyl halides is 1. The number of nitrogens with zero attached hydrogens (tertiary/aromatic N) is 2. The van der Waals surface area contributed by atoms with Crippen molar-refractivity contribution in [3.8, 4) is 11.8 Å². The number of aromatic nitrogens is 3. The molecule has 7 atom stereocenters. The van der Waals surface area contributed by atoms with E-state index in [-0.39, 0.29) is 0 Å². The topological polar surface area (TPSA) is 257 Å². The van der Waals surface area contributed by atoms with Crippen LogP contribution >= 0.6 is 23.5 Å².